The van der Waals surface area contributed by atoms with Gasteiger partial charge in [-0.15, -0.1) is 0 Å². The molecule has 0 heterocycles. The van der Waals surface area contributed by atoms with Crippen LogP contribution in [0.1, 0.15) is 18.1 Å². The molecule has 5 heteroatoms. The molecule has 0 unspecified atom stereocenters. The number of hydrogen-bond donors (Lipinski definition) is 0. The second-order valence-electron chi connectivity index (χ2n) is 4.31. The molecular weight excluding hydrogens is 390 g/mol. The van der Waals surface area contributed by atoms with Gasteiger partial charge in [0.1, 0.15) is 5.75 Å². The van der Waals surface area contributed by atoms with E-state index in [0.717, 1.165) is 17.2 Å². The third kappa shape index (κ3) is 5.43. The van der Waals surface area contributed by atoms with Gasteiger partial charge in [0, 0.05) is 23.9 Å². The minimum Gasteiger partial charge on any atom is -0.494 e. The summed E-state index contributed by atoms with van der Waals surface area (Å²) in [6.07, 6.45) is 0.879. The van der Waals surface area contributed by atoms with Crippen molar-refractivity contribution >= 4 is 69.5 Å². The van der Waals surface area contributed by atoms with E-state index in [-0.39, 0.29) is 35.3 Å². The first-order valence-electron chi connectivity index (χ1n) is 6.28. The van der Waals surface area contributed by atoms with Crippen LogP contribution < -0.4 is 8.43 Å². The van der Waals surface area contributed by atoms with Gasteiger partial charge in [-0.05, 0) is 42.7 Å². The van der Waals surface area contributed by atoms with Crippen molar-refractivity contribution in [2.24, 2.45) is 0 Å². The van der Waals surface area contributed by atoms with E-state index in [1.54, 1.807) is 0 Å². The fourth-order valence-corrected chi connectivity index (χ4v) is 4.08. The van der Waals surface area contributed by atoms with Crippen molar-refractivity contribution in [1.82, 2.24) is 0 Å². The minimum absolute atomic E-state index is 0. The van der Waals surface area contributed by atoms with Crippen molar-refractivity contribution in [1.29, 1.82) is 0 Å². The fraction of sp³-hybridized carbons (Fsp3) is 0.200. The maximum atomic E-state index is 6.27. The molecule has 0 aliphatic carbocycles. The van der Waals surface area contributed by atoms with Crippen LogP contribution in [0.5, 0.6) is 5.75 Å². The zero-order valence-corrected chi connectivity index (χ0v) is 16.2. The van der Waals surface area contributed by atoms with Gasteiger partial charge in [-0.1, -0.05) is 35.9 Å². The number of ether oxygens (including phenoxy) is 1. The van der Waals surface area contributed by atoms with Crippen molar-refractivity contribution in [2.45, 2.75) is 13.3 Å². The minimum atomic E-state index is -0.157. The van der Waals surface area contributed by atoms with Gasteiger partial charge in [0.05, 0.1) is 6.61 Å². The summed E-state index contributed by atoms with van der Waals surface area (Å²) in [5.41, 5.74) is 2.48. The third-order valence-corrected chi connectivity index (χ3v) is 6.65. The van der Waals surface area contributed by atoms with E-state index in [0.29, 0.717) is 6.61 Å². The molecular formula is C15H14ClILiMgO. The fourth-order valence-electron chi connectivity index (χ4n) is 1.94. The van der Waals surface area contributed by atoms with Crippen molar-refractivity contribution in [2.75, 3.05) is 6.61 Å². The Hall–Kier alpha value is 0.624. The SMILES string of the molecule is CCOc1ccc(Cc2c[c]([Mg][I])ccc2Cl)cc1.[Li]. The van der Waals surface area contributed by atoms with E-state index in [1.165, 1.54) is 14.8 Å². The van der Waals surface area contributed by atoms with Gasteiger partial charge in [0.25, 0.3) is 0 Å². The molecule has 0 amide bonds. The van der Waals surface area contributed by atoms with Crippen LogP contribution in [0.25, 0.3) is 0 Å². The first-order chi connectivity index (χ1) is 9.22. The molecule has 2 aromatic carbocycles. The van der Waals surface area contributed by atoms with E-state index < -0.39 is 0 Å². The largest absolute Gasteiger partial charge is 0.502 e. The van der Waals surface area contributed by atoms with Gasteiger partial charge in [-0.2, -0.15) is 3.69 Å². The zero-order chi connectivity index (χ0) is 13.7. The maximum Gasteiger partial charge on any atom is 0.502 e. The first-order valence-corrected chi connectivity index (χ1v) is 12.5. The molecule has 0 saturated heterocycles. The summed E-state index contributed by atoms with van der Waals surface area (Å²) >= 11 is 8.62. The molecule has 0 saturated carbocycles. The van der Waals surface area contributed by atoms with E-state index in [1.807, 2.05) is 25.1 Å². The number of rotatable bonds is 5. The van der Waals surface area contributed by atoms with Gasteiger partial charge >= 0.3 is 16.5 Å². The maximum absolute atomic E-state index is 6.27. The van der Waals surface area contributed by atoms with Crippen molar-refractivity contribution in [3.05, 3.63) is 58.6 Å². The van der Waals surface area contributed by atoms with Crippen LogP contribution in [-0.2, 0) is 6.42 Å². The summed E-state index contributed by atoms with van der Waals surface area (Å²) in [5, 5.41) is 0.858. The summed E-state index contributed by atoms with van der Waals surface area (Å²) in [5.74, 6) is 0.922. The van der Waals surface area contributed by atoms with Gasteiger partial charge in [-0.25, -0.2) is 0 Å². The van der Waals surface area contributed by atoms with E-state index in [2.05, 4.69) is 43.1 Å². The monoisotopic (exact) mass is 403 g/mol. The quantitative estimate of drug-likeness (QED) is 0.547. The molecule has 0 aromatic heterocycles. The Balaban J connectivity index is 0.00000200. The summed E-state index contributed by atoms with van der Waals surface area (Å²) in [6.45, 7) is 2.70. The Kier molecular flexibility index (Phi) is 8.96. The molecule has 0 aliphatic heterocycles. The van der Waals surface area contributed by atoms with Crippen molar-refractivity contribution in [3.8, 4) is 5.75 Å². The summed E-state index contributed by atoms with van der Waals surface area (Å²) in [7, 11) is 0. The summed E-state index contributed by atoms with van der Waals surface area (Å²) < 4.78 is 6.90. The van der Waals surface area contributed by atoms with Gasteiger partial charge in [-0.3, -0.25) is 18.9 Å². The standard InChI is InChI=1S/C15H14ClO.HI.Li.Mg/c1-2-17-14-9-7-12(8-10-14)11-13-5-3-4-6-15(13)16;;;/h4-10H,2,11H2,1H3;1H;;/q;;;+1/p-1. The van der Waals surface area contributed by atoms with E-state index in [4.69, 9.17) is 16.3 Å². The Morgan fingerprint density at radius 1 is 1.15 bits per heavy atom. The molecule has 0 fully saturated rings. The molecule has 97 valence electrons. The predicted octanol–water partition coefficient (Wildman–Crippen LogP) is 3.63. The smallest absolute Gasteiger partial charge is 0.494 e. The number of benzene rings is 2. The molecule has 0 atom stereocenters. The molecule has 1 radical (unpaired) electrons. The number of hydrogen-bond acceptors (Lipinski definition) is 1. The molecule has 2 aromatic rings. The van der Waals surface area contributed by atoms with Crippen LogP contribution in [0.2, 0.25) is 5.02 Å². The normalized spacial score (nSPS) is 9.55. The van der Waals surface area contributed by atoms with Crippen molar-refractivity contribution < 1.29 is 4.74 Å². The second-order valence-corrected chi connectivity index (χ2v) is 8.09. The third-order valence-electron chi connectivity index (χ3n) is 2.89. The number of halogens is 2. The molecule has 0 spiro atoms. The molecule has 1 nitrogen and oxygen atoms in total. The average molecular weight is 404 g/mol. The van der Waals surface area contributed by atoms with Crippen LogP contribution in [0, 0.1) is 0 Å². The van der Waals surface area contributed by atoms with Gasteiger partial charge < -0.3 is 4.74 Å². The Morgan fingerprint density at radius 3 is 2.45 bits per heavy atom. The van der Waals surface area contributed by atoms with Crippen LogP contribution >= 0.6 is 30.5 Å². The molecule has 20 heavy (non-hydrogen) atoms. The molecule has 0 bridgehead atoms. The van der Waals surface area contributed by atoms with Gasteiger partial charge in [0.15, 0.2) is 0 Å². The van der Waals surface area contributed by atoms with Crippen LogP contribution in [0.3, 0.4) is 0 Å². The average Bonchev–Trinajstić information content (AvgIpc) is 2.44. The molecule has 0 N–H and O–H groups in total. The van der Waals surface area contributed by atoms with Crippen molar-refractivity contribution in [3.63, 3.8) is 0 Å². The Bertz CT molecular complexity index is 548. The zero-order valence-electron chi connectivity index (χ0n) is 11.8. The summed E-state index contributed by atoms with van der Waals surface area (Å²) in [4.78, 5) is 0. The van der Waals surface area contributed by atoms with Crippen LogP contribution in [-0.4, -0.2) is 41.9 Å². The van der Waals surface area contributed by atoms with Crippen LogP contribution in [0.4, 0.5) is 0 Å². The summed E-state index contributed by atoms with van der Waals surface area (Å²) in [6, 6.07) is 14.7. The molecule has 2 rings (SSSR count). The van der Waals surface area contributed by atoms with Crippen LogP contribution in [0.15, 0.2) is 42.5 Å². The van der Waals surface area contributed by atoms with E-state index in [9.17, 15) is 0 Å². The topological polar surface area (TPSA) is 9.23 Å². The van der Waals surface area contributed by atoms with E-state index >= 15 is 0 Å². The Morgan fingerprint density at radius 2 is 1.85 bits per heavy atom. The first kappa shape index (κ1) is 18.7. The predicted molar refractivity (Wildman–Crippen MR) is 97.0 cm³/mol. The van der Waals surface area contributed by atoms with Gasteiger partial charge in [0.2, 0.25) is 0 Å². The molecule has 0 aliphatic rings. The Labute approximate surface area is 157 Å². The second kappa shape index (κ2) is 9.60.